The second-order valence-electron chi connectivity index (χ2n) is 1.81. The molecule has 1 aromatic carbocycles. The zero-order chi connectivity index (χ0) is 8.53. The third-order valence-corrected chi connectivity index (χ3v) is 1.11. The topological polar surface area (TPSA) is 0 Å². The minimum atomic E-state index is 1.20. The zero-order valence-electron chi connectivity index (χ0n) is 5.94. The van der Waals surface area contributed by atoms with Gasteiger partial charge in [0.15, 0.2) is 0 Å². The van der Waals surface area contributed by atoms with Crippen LogP contribution in [0.15, 0.2) is 43.0 Å². The van der Waals surface area contributed by atoms with Crippen LogP contribution in [-0.2, 0) is 18.2 Å². The Morgan fingerprint density at radius 3 is 2.27 bits per heavy atom. The quantitative estimate of drug-likeness (QED) is 0.565. The van der Waals surface area contributed by atoms with E-state index in [2.05, 4.69) is 34.3 Å². The summed E-state index contributed by atoms with van der Waals surface area (Å²) in [5, 5.41) is 0. The first-order valence-corrected chi connectivity index (χ1v) is 5.06. The molecule has 0 aliphatic heterocycles. The van der Waals surface area contributed by atoms with Crippen LogP contribution in [0.4, 0.5) is 0 Å². The second-order valence-corrected chi connectivity index (χ2v) is 1.81. The van der Waals surface area contributed by atoms with E-state index in [9.17, 15) is 0 Å². The first kappa shape index (κ1) is 10.8. The van der Waals surface area contributed by atoms with E-state index in [-0.39, 0.29) is 0 Å². The molecule has 0 heterocycles. The molecule has 0 atom stereocenters. The number of allylic oxidation sites excluding steroid dienone is 1. The molecule has 11 heavy (non-hydrogen) atoms. The second kappa shape index (κ2) is 7.88. The van der Waals surface area contributed by atoms with E-state index in [0.29, 0.717) is 0 Å². The Bertz CT molecular complexity index is 184. The van der Waals surface area contributed by atoms with Gasteiger partial charge >= 0.3 is 27.7 Å². The Morgan fingerprint density at radius 1 is 1.27 bits per heavy atom. The summed E-state index contributed by atoms with van der Waals surface area (Å²) in [6.07, 6.45) is 3.76. The summed E-state index contributed by atoms with van der Waals surface area (Å²) in [6, 6.07) is 10.1. The maximum absolute atomic E-state index is 4.49. The third kappa shape index (κ3) is 5.10. The molecule has 2 heteroatoms. The molecule has 0 aliphatic carbocycles. The van der Waals surface area contributed by atoms with E-state index in [4.69, 9.17) is 0 Å². The Hall–Kier alpha value is -0.218. The Morgan fingerprint density at radius 2 is 1.82 bits per heavy atom. The van der Waals surface area contributed by atoms with Crippen molar-refractivity contribution in [3.05, 3.63) is 55.0 Å². The van der Waals surface area contributed by atoms with Crippen molar-refractivity contribution in [3.63, 3.8) is 0 Å². The Balaban J connectivity index is 0.000000461. The van der Waals surface area contributed by atoms with Gasteiger partial charge < -0.3 is 0 Å². The Labute approximate surface area is 82.6 Å². The van der Waals surface area contributed by atoms with E-state index in [1.807, 2.05) is 36.8 Å². The Kier molecular flexibility index (Phi) is 7.73. The van der Waals surface area contributed by atoms with E-state index >= 15 is 0 Å². The minimum absolute atomic E-state index is 1.20. The van der Waals surface area contributed by atoms with Crippen LogP contribution in [0.2, 0.25) is 0 Å². The number of benzene rings is 1. The molecule has 0 radical (unpaired) electrons. The molecule has 0 nitrogen and oxygen atoms in total. The van der Waals surface area contributed by atoms with Gasteiger partial charge in [-0.15, -0.1) is 36.2 Å². The van der Waals surface area contributed by atoms with Crippen LogP contribution in [-0.4, -0.2) is 0 Å². The van der Waals surface area contributed by atoms with E-state index in [1.165, 1.54) is 5.56 Å². The number of hydrogen-bond acceptors (Lipinski definition) is 0. The molecule has 0 saturated carbocycles. The predicted octanol–water partition coefficient (Wildman–Crippen LogP) is 3.11. The number of hydrogen-bond donors (Lipinski definition) is 0. The van der Waals surface area contributed by atoms with Crippen LogP contribution in [0, 0.1) is 6.42 Å². The maximum atomic E-state index is 4.49. The van der Waals surface area contributed by atoms with Crippen LogP contribution in [0.5, 0.6) is 0 Å². The summed E-state index contributed by atoms with van der Waals surface area (Å²) in [6.45, 7) is 3.60. The van der Waals surface area contributed by atoms with Gasteiger partial charge in [0.05, 0.1) is 0 Å². The molecule has 0 aliphatic rings. The summed E-state index contributed by atoms with van der Waals surface area (Å²) in [4.78, 5) is 0. The molecule has 62 valence electrons. The van der Waals surface area contributed by atoms with E-state index < -0.39 is 0 Å². The van der Waals surface area contributed by atoms with Crippen LogP contribution >= 0.6 is 9.53 Å². The third-order valence-electron chi connectivity index (χ3n) is 1.11. The van der Waals surface area contributed by atoms with Crippen molar-refractivity contribution in [1.82, 2.24) is 0 Å². The molecule has 0 aromatic heterocycles. The summed E-state index contributed by atoms with van der Waals surface area (Å²) < 4.78 is 0. The first-order chi connectivity index (χ1) is 5.43. The summed E-state index contributed by atoms with van der Waals surface area (Å²) in [5.41, 5.74) is 1.20. The van der Waals surface area contributed by atoms with Gasteiger partial charge in [0, 0.05) is 0 Å². The molecule has 0 unspecified atom stereocenters. The summed E-state index contributed by atoms with van der Waals surface area (Å²) >= 11 is 2.22. The molecular formula is C9H9ClPd. The van der Waals surface area contributed by atoms with Crippen molar-refractivity contribution in [2.45, 2.75) is 0 Å². The first-order valence-electron chi connectivity index (χ1n) is 3.06. The predicted molar refractivity (Wildman–Crippen MR) is 45.9 cm³/mol. The van der Waals surface area contributed by atoms with Gasteiger partial charge in [-0.1, -0.05) is 6.07 Å². The van der Waals surface area contributed by atoms with Crippen molar-refractivity contribution in [2.75, 3.05) is 0 Å². The van der Waals surface area contributed by atoms with E-state index in [0.717, 1.165) is 0 Å². The van der Waals surface area contributed by atoms with Gasteiger partial charge in [-0.25, -0.2) is 0 Å². The van der Waals surface area contributed by atoms with Gasteiger partial charge in [-0.2, -0.15) is 12.7 Å². The molecule has 1 rings (SSSR count). The SMILES string of the molecule is C=C[CH-]c1ccccc1.[Cl][Pd+]. The number of rotatable bonds is 2. The van der Waals surface area contributed by atoms with Crippen molar-refractivity contribution < 1.29 is 18.2 Å². The summed E-state index contributed by atoms with van der Waals surface area (Å²) in [7, 11) is 4.49. The van der Waals surface area contributed by atoms with Gasteiger partial charge in [-0.3, -0.25) is 0 Å². The fourth-order valence-electron chi connectivity index (χ4n) is 0.700. The van der Waals surface area contributed by atoms with Crippen LogP contribution in [0.25, 0.3) is 0 Å². The molecule has 0 fully saturated rings. The van der Waals surface area contributed by atoms with Crippen molar-refractivity contribution in [3.8, 4) is 0 Å². The average Bonchev–Trinajstić information content (AvgIpc) is 2.11. The normalized spacial score (nSPS) is 7.55. The molecule has 0 saturated heterocycles. The summed E-state index contributed by atoms with van der Waals surface area (Å²) in [5.74, 6) is 0. The molecule has 0 bridgehead atoms. The van der Waals surface area contributed by atoms with E-state index in [1.54, 1.807) is 6.08 Å². The van der Waals surface area contributed by atoms with Crippen LogP contribution in [0.3, 0.4) is 0 Å². The molecule has 1 aromatic rings. The average molecular weight is 259 g/mol. The fraction of sp³-hybridized carbons (Fsp3) is 0. The van der Waals surface area contributed by atoms with Gasteiger partial charge in [0.2, 0.25) is 0 Å². The molecule has 0 spiro atoms. The molecule has 0 amide bonds. The van der Waals surface area contributed by atoms with Gasteiger partial charge in [-0.05, 0) is 0 Å². The monoisotopic (exact) mass is 258 g/mol. The van der Waals surface area contributed by atoms with Crippen molar-refractivity contribution in [1.29, 1.82) is 0 Å². The molecule has 0 N–H and O–H groups in total. The van der Waals surface area contributed by atoms with Crippen molar-refractivity contribution >= 4 is 9.53 Å². The van der Waals surface area contributed by atoms with Crippen LogP contribution in [0.1, 0.15) is 5.56 Å². The van der Waals surface area contributed by atoms with Gasteiger partial charge in [0.25, 0.3) is 0 Å². The fourth-order valence-corrected chi connectivity index (χ4v) is 0.700. The number of halogens is 1. The van der Waals surface area contributed by atoms with Crippen LogP contribution < -0.4 is 0 Å². The van der Waals surface area contributed by atoms with Gasteiger partial charge in [0.1, 0.15) is 0 Å². The van der Waals surface area contributed by atoms with Crippen molar-refractivity contribution in [2.24, 2.45) is 0 Å². The molecular weight excluding hydrogens is 250 g/mol. The standard InChI is InChI=1S/C9H9.ClH.Pd/c1-2-6-9-7-4-3-5-8-9;;/h2-8H,1H2;1H;/q-1;;+2/p-1. The zero-order valence-corrected chi connectivity index (χ0v) is 8.25.